The van der Waals surface area contributed by atoms with Gasteiger partial charge in [0.25, 0.3) is 11.6 Å². The first-order valence-electron chi connectivity index (χ1n) is 7.35. The third kappa shape index (κ3) is 5.28. The second-order valence-electron chi connectivity index (χ2n) is 5.02. The lowest BCUT2D eigenvalue weighted by Gasteiger charge is -2.17. The van der Waals surface area contributed by atoms with Crippen LogP contribution < -0.4 is 9.47 Å². The molecule has 0 bridgehead atoms. The number of rotatable bonds is 8. The lowest BCUT2D eigenvalue weighted by Crippen LogP contribution is -2.34. The standard InChI is InChI=1S/C17H18N2O5/c1-18(11-12-23-15-5-3-2-4-6-15)17(20)13-24-16-9-7-14(8-10-16)19(21)22/h2-10H,11-13H2,1H3. The molecule has 0 atom stereocenters. The molecule has 0 aliphatic rings. The maximum absolute atomic E-state index is 12.0. The van der Waals surface area contributed by atoms with E-state index >= 15 is 0 Å². The van der Waals surface area contributed by atoms with E-state index in [9.17, 15) is 14.9 Å². The second-order valence-corrected chi connectivity index (χ2v) is 5.02. The van der Waals surface area contributed by atoms with Crippen molar-refractivity contribution in [2.24, 2.45) is 0 Å². The molecule has 126 valence electrons. The molecule has 0 N–H and O–H groups in total. The van der Waals surface area contributed by atoms with Crippen LogP contribution >= 0.6 is 0 Å². The van der Waals surface area contributed by atoms with Crippen LogP contribution in [0.1, 0.15) is 0 Å². The van der Waals surface area contributed by atoms with Gasteiger partial charge in [0.15, 0.2) is 6.61 Å². The van der Waals surface area contributed by atoms with Crippen molar-refractivity contribution < 1.29 is 19.2 Å². The highest BCUT2D eigenvalue weighted by Gasteiger charge is 2.10. The third-order valence-corrected chi connectivity index (χ3v) is 3.27. The number of carbonyl (C=O) groups is 1. The number of ether oxygens (including phenoxy) is 2. The molecule has 0 aliphatic heterocycles. The zero-order valence-electron chi connectivity index (χ0n) is 13.3. The maximum atomic E-state index is 12.0. The zero-order valence-corrected chi connectivity index (χ0v) is 13.3. The van der Waals surface area contributed by atoms with E-state index in [1.807, 2.05) is 30.3 Å². The summed E-state index contributed by atoms with van der Waals surface area (Å²) in [5, 5.41) is 10.6. The van der Waals surface area contributed by atoms with Crippen molar-refractivity contribution in [1.29, 1.82) is 0 Å². The lowest BCUT2D eigenvalue weighted by molar-refractivity contribution is -0.384. The average Bonchev–Trinajstić information content (AvgIpc) is 2.60. The molecular weight excluding hydrogens is 312 g/mol. The number of hydrogen-bond acceptors (Lipinski definition) is 5. The van der Waals surface area contributed by atoms with Crippen LogP contribution in [0.2, 0.25) is 0 Å². The van der Waals surface area contributed by atoms with E-state index in [0.29, 0.717) is 18.9 Å². The van der Waals surface area contributed by atoms with E-state index in [0.717, 1.165) is 5.75 Å². The summed E-state index contributed by atoms with van der Waals surface area (Å²) in [6.07, 6.45) is 0. The van der Waals surface area contributed by atoms with Gasteiger partial charge in [0, 0.05) is 19.2 Å². The highest BCUT2D eigenvalue weighted by molar-refractivity contribution is 5.77. The number of nitro groups is 1. The smallest absolute Gasteiger partial charge is 0.269 e. The van der Waals surface area contributed by atoms with E-state index in [1.165, 1.54) is 29.2 Å². The number of nitro benzene ring substituents is 1. The fourth-order valence-corrected chi connectivity index (χ4v) is 1.86. The van der Waals surface area contributed by atoms with Crippen molar-refractivity contribution in [3.8, 4) is 11.5 Å². The van der Waals surface area contributed by atoms with Gasteiger partial charge < -0.3 is 14.4 Å². The van der Waals surface area contributed by atoms with Gasteiger partial charge >= 0.3 is 0 Å². The van der Waals surface area contributed by atoms with Gasteiger partial charge in [0.1, 0.15) is 18.1 Å². The first-order chi connectivity index (χ1) is 11.6. The van der Waals surface area contributed by atoms with E-state index in [2.05, 4.69) is 0 Å². The molecule has 2 rings (SSSR count). The Kier molecular flexibility index (Phi) is 6.13. The van der Waals surface area contributed by atoms with Gasteiger partial charge in [-0.05, 0) is 24.3 Å². The van der Waals surface area contributed by atoms with Gasteiger partial charge in [0.05, 0.1) is 11.5 Å². The van der Waals surface area contributed by atoms with E-state index in [1.54, 1.807) is 7.05 Å². The fraction of sp³-hybridized carbons (Fsp3) is 0.235. The Balaban J connectivity index is 1.72. The minimum absolute atomic E-state index is 0.0242. The molecule has 0 saturated heterocycles. The molecule has 2 aromatic carbocycles. The fourth-order valence-electron chi connectivity index (χ4n) is 1.86. The molecular formula is C17H18N2O5. The van der Waals surface area contributed by atoms with Gasteiger partial charge in [-0.25, -0.2) is 0 Å². The predicted molar refractivity (Wildman–Crippen MR) is 88.2 cm³/mol. The number of amides is 1. The summed E-state index contributed by atoms with van der Waals surface area (Å²) in [5.74, 6) is 0.952. The van der Waals surface area contributed by atoms with Crippen LogP contribution in [0.3, 0.4) is 0 Å². The minimum Gasteiger partial charge on any atom is -0.492 e. The van der Waals surface area contributed by atoms with Gasteiger partial charge in [-0.3, -0.25) is 14.9 Å². The SMILES string of the molecule is CN(CCOc1ccccc1)C(=O)COc1ccc([N+](=O)[O-])cc1. The van der Waals surface area contributed by atoms with Crippen LogP contribution in [0, 0.1) is 10.1 Å². The topological polar surface area (TPSA) is 81.9 Å². The number of para-hydroxylation sites is 1. The number of carbonyl (C=O) groups excluding carboxylic acids is 1. The maximum Gasteiger partial charge on any atom is 0.269 e. The Hall–Kier alpha value is -3.09. The van der Waals surface area contributed by atoms with Crippen molar-refractivity contribution >= 4 is 11.6 Å². The molecule has 2 aromatic rings. The number of non-ortho nitro benzene ring substituents is 1. The number of hydrogen-bond donors (Lipinski definition) is 0. The average molecular weight is 330 g/mol. The monoisotopic (exact) mass is 330 g/mol. The molecule has 0 radical (unpaired) electrons. The Labute approximate surface area is 139 Å². The molecule has 0 saturated carbocycles. The first-order valence-corrected chi connectivity index (χ1v) is 7.35. The normalized spacial score (nSPS) is 10.0. The van der Waals surface area contributed by atoms with Crippen molar-refractivity contribution in [3.05, 3.63) is 64.7 Å². The number of nitrogens with zero attached hydrogens (tertiary/aromatic N) is 2. The molecule has 24 heavy (non-hydrogen) atoms. The van der Waals surface area contributed by atoms with Crippen LogP contribution in [0.15, 0.2) is 54.6 Å². The Morgan fingerprint density at radius 3 is 2.29 bits per heavy atom. The summed E-state index contributed by atoms with van der Waals surface area (Å²) >= 11 is 0. The lowest BCUT2D eigenvalue weighted by atomic mass is 10.3. The molecule has 0 spiro atoms. The third-order valence-electron chi connectivity index (χ3n) is 3.27. The zero-order chi connectivity index (χ0) is 17.4. The van der Waals surface area contributed by atoms with Crippen LogP contribution in [-0.4, -0.2) is 42.5 Å². The van der Waals surface area contributed by atoms with Gasteiger partial charge in [-0.2, -0.15) is 0 Å². The first kappa shape index (κ1) is 17.3. The summed E-state index contributed by atoms with van der Waals surface area (Å²) in [6.45, 7) is 0.667. The van der Waals surface area contributed by atoms with Crippen LogP contribution in [-0.2, 0) is 4.79 Å². The van der Waals surface area contributed by atoms with E-state index < -0.39 is 4.92 Å². The summed E-state index contributed by atoms with van der Waals surface area (Å²) in [5.41, 5.74) is -0.0242. The summed E-state index contributed by atoms with van der Waals surface area (Å²) in [6, 6.07) is 14.9. The van der Waals surface area contributed by atoms with Gasteiger partial charge in [-0.15, -0.1) is 0 Å². The molecule has 7 nitrogen and oxygen atoms in total. The molecule has 0 unspecified atom stereocenters. The largest absolute Gasteiger partial charge is 0.492 e. The molecule has 0 heterocycles. The second kappa shape index (κ2) is 8.52. The molecule has 0 aliphatic carbocycles. The molecule has 0 aromatic heterocycles. The highest BCUT2D eigenvalue weighted by Crippen LogP contribution is 2.17. The van der Waals surface area contributed by atoms with Crippen LogP contribution in [0.4, 0.5) is 5.69 Å². The Bertz CT molecular complexity index is 673. The predicted octanol–water partition coefficient (Wildman–Crippen LogP) is 2.51. The Morgan fingerprint density at radius 2 is 1.67 bits per heavy atom. The summed E-state index contributed by atoms with van der Waals surface area (Å²) in [7, 11) is 1.66. The molecule has 7 heteroatoms. The van der Waals surface area contributed by atoms with Crippen LogP contribution in [0.25, 0.3) is 0 Å². The van der Waals surface area contributed by atoms with Crippen molar-refractivity contribution in [3.63, 3.8) is 0 Å². The van der Waals surface area contributed by atoms with E-state index in [4.69, 9.17) is 9.47 Å². The Morgan fingerprint density at radius 1 is 1.04 bits per heavy atom. The minimum atomic E-state index is -0.491. The van der Waals surface area contributed by atoms with Crippen molar-refractivity contribution in [2.45, 2.75) is 0 Å². The summed E-state index contributed by atoms with van der Waals surface area (Å²) in [4.78, 5) is 23.6. The highest BCUT2D eigenvalue weighted by atomic mass is 16.6. The summed E-state index contributed by atoms with van der Waals surface area (Å²) < 4.78 is 10.9. The van der Waals surface area contributed by atoms with Crippen molar-refractivity contribution in [2.75, 3.05) is 26.8 Å². The van der Waals surface area contributed by atoms with Crippen molar-refractivity contribution in [1.82, 2.24) is 4.90 Å². The number of benzene rings is 2. The van der Waals surface area contributed by atoms with E-state index in [-0.39, 0.29) is 18.2 Å². The quantitative estimate of drug-likeness (QED) is 0.549. The molecule has 0 fully saturated rings. The van der Waals surface area contributed by atoms with Crippen LogP contribution in [0.5, 0.6) is 11.5 Å². The van der Waals surface area contributed by atoms with Gasteiger partial charge in [-0.1, -0.05) is 18.2 Å². The molecule has 1 amide bonds. The number of likely N-dealkylation sites (N-methyl/N-ethyl adjacent to an activating group) is 1. The van der Waals surface area contributed by atoms with Gasteiger partial charge in [0.2, 0.25) is 0 Å².